The molecule has 0 saturated carbocycles. The number of hydrogen-bond acceptors (Lipinski definition) is 3. The molecule has 3 nitrogen and oxygen atoms in total. The summed E-state index contributed by atoms with van der Waals surface area (Å²) in [6, 6.07) is 6.80. The van der Waals surface area contributed by atoms with Crippen molar-refractivity contribution >= 4 is 11.6 Å². The average Bonchev–Trinajstić information content (AvgIpc) is 2.28. The van der Waals surface area contributed by atoms with Crippen molar-refractivity contribution in [2.75, 3.05) is 5.88 Å². The molecule has 1 aromatic carbocycles. The Morgan fingerprint density at radius 3 is 2.20 bits per heavy atom. The first kappa shape index (κ1) is 12.5. The monoisotopic (exact) mass is 230 g/mol. The second kappa shape index (κ2) is 6.08. The fraction of sp³-hybridized carbons (Fsp3) is 0.455. The number of aliphatic hydroxyl groups excluding tert-OH is 3. The topological polar surface area (TPSA) is 60.7 Å². The molecule has 0 radical (unpaired) electrons. The van der Waals surface area contributed by atoms with Gasteiger partial charge in [-0.2, -0.15) is 0 Å². The number of aliphatic hydroxyl groups is 3. The van der Waals surface area contributed by atoms with Crippen LogP contribution in [0.25, 0.3) is 0 Å². The third kappa shape index (κ3) is 3.47. The number of benzene rings is 1. The molecule has 0 bridgehead atoms. The minimum atomic E-state index is -0.920. The first-order chi connectivity index (χ1) is 7.19. The molecule has 1 aromatic rings. The van der Waals surface area contributed by atoms with Gasteiger partial charge < -0.3 is 15.3 Å². The van der Waals surface area contributed by atoms with Crippen molar-refractivity contribution in [3.8, 4) is 0 Å². The number of rotatable bonds is 5. The molecule has 0 aliphatic rings. The van der Waals surface area contributed by atoms with Crippen LogP contribution in [0.15, 0.2) is 24.3 Å². The van der Waals surface area contributed by atoms with E-state index < -0.39 is 12.2 Å². The van der Waals surface area contributed by atoms with Gasteiger partial charge in [-0.15, -0.1) is 11.6 Å². The summed E-state index contributed by atoms with van der Waals surface area (Å²) in [7, 11) is 0. The van der Waals surface area contributed by atoms with E-state index in [0.717, 1.165) is 5.56 Å². The van der Waals surface area contributed by atoms with E-state index in [2.05, 4.69) is 0 Å². The molecule has 0 saturated heterocycles. The van der Waals surface area contributed by atoms with Gasteiger partial charge in [0.2, 0.25) is 0 Å². The molecule has 0 heterocycles. The summed E-state index contributed by atoms with van der Waals surface area (Å²) >= 11 is 5.47. The summed E-state index contributed by atoms with van der Waals surface area (Å²) in [5, 5.41) is 28.1. The van der Waals surface area contributed by atoms with Gasteiger partial charge in [0.25, 0.3) is 0 Å². The summed E-state index contributed by atoms with van der Waals surface area (Å²) in [6.45, 7) is -0.0272. The molecule has 84 valence electrons. The Hall–Kier alpha value is -0.610. The zero-order chi connectivity index (χ0) is 11.3. The van der Waals surface area contributed by atoms with Crippen LogP contribution < -0.4 is 0 Å². The second-order valence-electron chi connectivity index (χ2n) is 3.39. The number of halogens is 1. The molecule has 0 fully saturated rings. The summed E-state index contributed by atoms with van der Waals surface area (Å²) in [5.74, 6) is 0.312. The van der Waals surface area contributed by atoms with Crippen LogP contribution in [0.4, 0.5) is 0 Å². The lowest BCUT2D eigenvalue weighted by atomic mass is 10.0. The maximum absolute atomic E-state index is 9.71. The summed E-state index contributed by atoms with van der Waals surface area (Å²) in [5.41, 5.74) is 1.41. The summed E-state index contributed by atoms with van der Waals surface area (Å²) in [4.78, 5) is 0. The molecule has 0 spiro atoms. The molecule has 4 heteroatoms. The van der Waals surface area contributed by atoms with Gasteiger partial charge in [0.1, 0.15) is 6.10 Å². The predicted molar refractivity (Wildman–Crippen MR) is 58.7 cm³/mol. The molecule has 0 aliphatic carbocycles. The van der Waals surface area contributed by atoms with Crippen molar-refractivity contribution in [2.24, 2.45) is 0 Å². The van der Waals surface area contributed by atoms with Crippen molar-refractivity contribution in [1.82, 2.24) is 0 Å². The second-order valence-corrected chi connectivity index (χ2v) is 3.77. The van der Waals surface area contributed by atoms with Crippen LogP contribution in [0.2, 0.25) is 0 Å². The minimum Gasteiger partial charge on any atom is -0.392 e. The molecule has 2 unspecified atom stereocenters. The molecule has 0 aromatic heterocycles. The van der Waals surface area contributed by atoms with E-state index in [1.807, 2.05) is 0 Å². The highest BCUT2D eigenvalue weighted by atomic mass is 35.5. The highest BCUT2D eigenvalue weighted by Crippen LogP contribution is 2.19. The van der Waals surface area contributed by atoms with Gasteiger partial charge in [0.15, 0.2) is 0 Å². The average molecular weight is 231 g/mol. The smallest absolute Gasteiger partial charge is 0.105 e. The zero-order valence-electron chi connectivity index (χ0n) is 8.31. The normalized spacial score (nSPS) is 14.9. The largest absolute Gasteiger partial charge is 0.392 e. The maximum atomic E-state index is 9.71. The van der Waals surface area contributed by atoms with Crippen molar-refractivity contribution in [2.45, 2.75) is 25.2 Å². The van der Waals surface area contributed by atoms with Crippen LogP contribution in [0.5, 0.6) is 0 Å². The highest BCUT2D eigenvalue weighted by molar-refractivity contribution is 6.17. The number of hydrogen-bond donors (Lipinski definition) is 3. The van der Waals surface area contributed by atoms with Gasteiger partial charge in [-0.25, -0.2) is 0 Å². The number of alkyl halides is 1. The van der Waals surface area contributed by atoms with Gasteiger partial charge >= 0.3 is 0 Å². The van der Waals surface area contributed by atoms with Gasteiger partial charge in [-0.05, 0) is 17.5 Å². The fourth-order valence-corrected chi connectivity index (χ4v) is 1.54. The van der Waals surface area contributed by atoms with E-state index in [4.69, 9.17) is 16.7 Å². The summed E-state index contributed by atoms with van der Waals surface area (Å²) in [6.07, 6.45) is -1.41. The Balaban J connectivity index is 2.69. The third-order valence-electron chi connectivity index (χ3n) is 2.27. The van der Waals surface area contributed by atoms with E-state index in [-0.39, 0.29) is 6.61 Å². The lowest BCUT2D eigenvalue weighted by Gasteiger charge is -2.17. The van der Waals surface area contributed by atoms with Crippen LogP contribution in [-0.4, -0.2) is 27.3 Å². The molecule has 0 amide bonds. The van der Waals surface area contributed by atoms with Crippen LogP contribution in [0.1, 0.15) is 23.7 Å². The van der Waals surface area contributed by atoms with E-state index in [1.165, 1.54) is 0 Å². The van der Waals surface area contributed by atoms with Crippen LogP contribution in [-0.2, 0) is 6.61 Å². The Kier molecular flexibility index (Phi) is 5.05. The van der Waals surface area contributed by atoms with Crippen molar-refractivity contribution in [3.63, 3.8) is 0 Å². The van der Waals surface area contributed by atoms with Crippen LogP contribution in [0.3, 0.4) is 0 Å². The zero-order valence-corrected chi connectivity index (χ0v) is 9.06. The SMILES string of the molecule is OCc1ccc(C(O)C(O)CCCl)cc1. The Bertz CT molecular complexity index is 286. The molecule has 2 atom stereocenters. The van der Waals surface area contributed by atoms with E-state index in [0.29, 0.717) is 17.9 Å². The molecule has 1 rings (SSSR count). The van der Waals surface area contributed by atoms with E-state index >= 15 is 0 Å². The first-order valence-electron chi connectivity index (χ1n) is 4.81. The summed E-state index contributed by atoms with van der Waals surface area (Å²) < 4.78 is 0. The maximum Gasteiger partial charge on any atom is 0.105 e. The van der Waals surface area contributed by atoms with E-state index in [1.54, 1.807) is 24.3 Å². The molecule has 3 N–H and O–H groups in total. The first-order valence-corrected chi connectivity index (χ1v) is 5.34. The van der Waals surface area contributed by atoms with Crippen LogP contribution in [0, 0.1) is 0 Å². The third-order valence-corrected chi connectivity index (χ3v) is 2.49. The Morgan fingerprint density at radius 1 is 1.13 bits per heavy atom. The standard InChI is InChI=1S/C11H15ClO3/c12-6-5-10(14)11(15)9-3-1-8(7-13)2-4-9/h1-4,10-11,13-15H,5-7H2. The van der Waals surface area contributed by atoms with Gasteiger partial charge in [0.05, 0.1) is 12.7 Å². The minimum absolute atomic E-state index is 0.0272. The van der Waals surface area contributed by atoms with Crippen molar-refractivity contribution in [1.29, 1.82) is 0 Å². The van der Waals surface area contributed by atoms with E-state index in [9.17, 15) is 10.2 Å². The van der Waals surface area contributed by atoms with Gasteiger partial charge in [-0.3, -0.25) is 0 Å². The molecule has 15 heavy (non-hydrogen) atoms. The predicted octanol–water partition coefficient (Wildman–Crippen LogP) is 1.20. The van der Waals surface area contributed by atoms with Gasteiger partial charge in [-0.1, -0.05) is 24.3 Å². The molecule has 0 aliphatic heterocycles. The molecular formula is C11H15ClO3. The van der Waals surface area contributed by atoms with Crippen molar-refractivity contribution in [3.05, 3.63) is 35.4 Å². The quantitative estimate of drug-likeness (QED) is 0.667. The lowest BCUT2D eigenvalue weighted by molar-refractivity contribution is 0.0170. The van der Waals surface area contributed by atoms with Gasteiger partial charge in [0, 0.05) is 5.88 Å². The molecular weight excluding hydrogens is 216 g/mol. The lowest BCUT2D eigenvalue weighted by Crippen LogP contribution is -2.18. The highest BCUT2D eigenvalue weighted by Gasteiger charge is 2.17. The Labute approximate surface area is 93.9 Å². The Morgan fingerprint density at radius 2 is 1.73 bits per heavy atom. The van der Waals surface area contributed by atoms with Crippen molar-refractivity contribution < 1.29 is 15.3 Å². The van der Waals surface area contributed by atoms with Crippen LogP contribution >= 0.6 is 11.6 Å². The fourth-order valence-electron chi connectivity index (χ4n) is 1.31.